The molecule has 0 unspecified atom stereocenters. The van der Waals surface area contributed by atoms with E-state index in [-0.39, 0.29) is 5.41 Å². The van der Waals surface area contributed by atoms with E-state index in [1.807, 2.05) is 0 Å². The van der Waals surface area contributed by atoms with E-state index < -0.39 is 0 Å². The van der Waals surface area contributed by atoms with Crippen LogP contribution in [0.15, 0.2) is 546 Å². The molecule has 1 aliphatic rings. The number of fused-ring (bicyclic) bond motifs is 23. The second kappa shape index (κ2) is 35.0. The van der Waals surface area contributed by atoms with E-state index in [2.05, 4.69) is 587 Å². The van der Waals surface area contributed by atoms with Crippen LogP contribution in [-0.2, 0) is 5.41 Å². The van der Waals surface area contributed by atoms with Gasteiger partial charge in [0.1, 0.15) is 0 Å². The summed E-state index contributed by atoms with van der Waals surface area (Å²) in [5, 5.41) is 20.1. The van der Waals surface area contributed by atoms with Gasteiger partial charge in [-0.1, -0.05) is 384 Å². The Bertz CT molecular complexity index is 10600. The molecular formula is C143H96N6. The maximum atomic E-state index is 2.45. The highest BCUT2D eigenvalue weighted by Crippen LogP contribution is 2.52. The Morgan fingerprint density at radius 1 is 0.128 bits per heavy atom. The minimum absolute atomic E-state index is 0.0543. The molecule has 24 aromatic carbocycles. The average Bonchev–Trinajstić information content (AvgIpc) is 1.56. The second-order valence-electron chi connectivity index (χ2n) is 40.2. The van der Waals surface area contributed by atoms with Gasteiger partial charge in [0.25, 0.3) is 0 Å². The molecule has 0 atom stereocenters. The van der Waals surface area contributed by atoms with E-state index in [1.165, 1.54) is 258 Å². The highest BCUT2D eigenvalue weighted by molar-refractivity contribution is 6.18. The van der Waals surface area contributed by atoms with Crippen molar-refractivity contribution < 1.29 is 0 Å². The highest BCUT2D eigenvalue weighted by atomic mass is 15.0. The van der Waals surface area contributed by atoms with E-state index in [9.17, 15) is 0 Å². The lowest BCUT2D eigenvalue weighted by Crippen LogP contribution is -2.15. The van der Waals surface area contributed by atoms with Crippen LogP contribution in [0, 0.1) is 0 Å². The van der Waals surface area contributed by atoms with Crippen molar-refractivity contribution in [1.82, 2.24) is 27.4 Å². The number of para-hydroxylation sites is 6. The van der Waals surface area contributed by atoms with E-state index in [0.29, 0.717) is 0 Å². The normalized spacial score (nSPS) is 12.3. The summed E-state index contributed by atoms with van der Waals surface area (Å²) in [7, 11) is 0. The first-order chi connectivity index (χ1) is 73.7. The summed E-state index contributed by atoms with van der Waals surface area (Å²) in [6, 6.07) is 199. The van der Waals surface area contributed by atoms with Crippen LogP contribution >= 0.6 is 0 Å². The lowest BCUT2D eigenvalue weighted by molar-refractivity contribution is 0.660. The molecule has 149 heavy (non-hydrogen) atoms. The number of rotatable bonds is 12. The predicted molar refractivity (Wildman–Crippen MR) is 631 cm³/mol. The van der Waals surface area contributed by atoms with Gasteiger partial charge in [-0.2, -0.15) is 0 Å². The fourth-order valence-corrected chi connectivity index (χ4v) is 24.4. The van der Waals surface area contributed by atoms with Gasteiger partial charge in [-0.05, 0) is 281 Å². The standard InChI is InChI=1S/C51H36N2.2C46H30N2/c1-51(2)45-17-9-6-14-39(45)40-27-26-38(32-46(40)51)53-48-19-11-8-16-42(48)44-31-36(23-29-50(44)53)35-22-28-49-43(30-35)41-15-7-10-18-47(41)52(49)37-24-20-34(21-25-37)33-12-4-3-5-13-33;1-2-11-31(12-3-1)32-21-25-36(26-22-32)47-43-18-8-6-16-38(43)40-29-34(23-27-45(40)47)35-24-28-46-41(30-35)39-17-7-9-19-44(39)48(46)42-20-10-14-33-13-4-5-15-37(33)42;1-2-10-31(11-3-1)33-18-23-37(24-19-33)47-43-16-8-6-14-39(43)41-29-35(21-26-45(41)47)36-22-27-46-42(30-36)40-15-7-9-17-44(40)48(46)38-25-20-32-12-4-5-13-34(32)28-38/h3-32H,1-2H3;2*1-30H. The van der Waals surface area contributed by atoms with Crippen molar-refractivity contribution >= 4 is 152 Å². The van der Waals surface area contributed by atoms with Crippen molar-refractivity contribution in [2.75, 3.05) is 0 Å². The third-order valence-corrected chi connectivity index (χ3v) is 31.6. The molecule has 6 nitrogen and oxygen atoms in total. The van der Waals surface area contributed by atoms with Gasteiger partial charge in [0.15, 0.2) is 0 Å². The van der Waals surface area contributed by atoms with E-state index in [4.69, 9.17) is 0 Å². The van der Waals surface area contributed by atoms with Crippen molar-refractivity contribution in [1.29, 1.82) is 0 Å². The first-order valence-electron chi connectivity index (χ1n) is 51.6. The molecule has 0 saturated heterocycles. The van der Waals surface area contributed by atoms with Crippen molar-refractivity contribution in [3.8, 4) is 112 Å². The second-order valence-corrected chi connectivity index (χ2v) is 40.2. The van der Waals surface area contributed by atoms with Crippen LogP contribution in [-0.4, -0.2) is 27.4 Å². The molecule has 0 fully saturated rings. The van der Waals surface area contributed by atoms with Crippen LogP contribution in [0.2, 0.25) is 0 Å². The molecule has 0 radical (unpaired) electrons. The Balaban J connectivity index is 0.000000105. The summed E-state index contributed by atoms with van der Waals surface area (Å²) in [5.74, 6) is 0. The van der Waals surface area contributed by atoms with Crippen LogP contribution in [0.25, 0.3) is 264 Å². The molecular weight excluding hydrogens is 1800 g/mol. The molecule has 6 aromatic heterocycles. The summed E-state index contributed by atoms with van der Waals surface area (Å²) >= 11 is 0. The third kappa shape index (κ3) is 14.3. The first-order valence-corrected chi connectivity index (χ1v) is 51.6. The van der Waals surface area contributed by atoms with E-state index in [1.54, 1.807) is 0 Å². The fraction of sp³-hybridized carbons (Fsp3) is 0.0210. The molecule has 0 aliphatic heterocycles. The molecule has 0 N–H and O–H groups in total. The minimum atomic E-state index is -0.0543. The van der Waals surface area contributed by atoms with E-state index in [0.717, 1.165) is 17.1 Å². The minimum Gasteiger partial charge on any atom is -0.309 e. The first kappa shape index (κ1) is 86.3. The van der Waals surface area contributed by atoms with Crippen molar-refractivity contribution in [3.05, 3.63) is 557 Å². The lowest BCUT2D eigenvalue weighted by atomic mass is 9.82. The van der Waals surface area contributed by atoms with Crippen molar-refractivity contribution in [2.45, 2.75) is 19.3 Å². The number of hydrogen-bond acceptors (Lipinski definition) is 0. The monoisotopic (exact) mass is 1900 g/mol. The van der Waals surface area contributed by atoms with Gasteiger partial charge in [-0.3, -0.25) is 0 Å². The Kier molecular flexibility index (Phi) is 20.3. The quantitative estimate of drug-likeness (QED) is 0.117. The molecule has 0 saturated carbocycles. The van der Waals surface area contributed by atoms with Gasteiger partial charge in [0.2, 0.25) is 0 Å². The Morgan fingerprint density at radius 3 is 0.738 bits per heavy atom. The van der Waals surface area contributed by atoms with E-state index >= 15 is 0 Å². The third-order valence-electron chi connectivity index (χ3n) is 31.6. The largest absolute Gasteiger partial charge is 0.309 e. The smallest absolute Gasteiger partial charge is 0.0541 e. The zero-order valence-electron chi connectivity index (χ0n) is 82.1. The van der Waals surface area contributed by atoms with Gasteiger partial charge >= 0.3 is 0 Å². The Hall–Kier alpha value is -19.4. The molecule has 0 spiro atoms. The SMILES string of the molecule is CC1(C)c2ccccc2-c2ccc(-n3c4ccccc4c4cc(-c5ccc6c(c5)c5ccccc5n6-c5ccc(-c6ccccc6)cc5)ccc43)cc21.c1ccc(-c2ccc(-n3c4ccccc4c4cc(-c5ccc6c(c5)c5ccccc5n6-c5ccc6ccccc6c5)ccc43)cc2)cc1.c1ccc(-c2ccc(-n3c4ccccc4c4cc(-c5ccc6c(c5)c5ccccc5n6-c5cccc6ccccc56)ccc43)cc2)cc1. The van der Waals surface area contributed by atoms with Crippen LogP contribution in [0.1, 0.15) is 25.0 Å². The average molecular weight is 1900 g/mol. The Morgan fingerprint density at radius 2 is 0.369 bits per heavy atom. The molecule has 30 aromatic rings. The van der Waals surface area contributed by atoms with Crippen molar-refractivity contribution in [3.63, 3.8) is 0 Å². The van der Waals surface area contributed by atoms with Gasteiger partial charge in [0, 0.05) is 104 Å². The molecule has 6 heteroatoms. The van der Waals surface area contributed by atoms with Gasteiger partial charge in [-0.15, -0.1) is 0 Å². The number of benzene rings is 24. The van der Waals surface area contributed by atoms with Gasteiger partial charge in [0.05, 0.1) is 71.9 Å². The molecule has 1 aliphatic carbocycles. The lowest BCUT2D eigenvalue weighted by Gasteiger charge is -2.22. The zero-order valence-corrected chi connectivity index (χ0v) is 82.1. The molecule has 6 heterocycles. The molecule has 0 bridgehead atoms. The predicted octanol–water partition coefficient (Wildman–Crippen LogP) is 38.3. The topological polar surface area (TPSA) is 29.6 Å². The van der Waals surface area contributed by atoms with Crippen LogP contribution in [0.3, 0.4) is 0 Å². The van der Waals surface area contributed by atoms with Crippen LogP contribution in [0.5, 0.6) is 0 Å². The number of nitrogens with zero attached hydrogens (tertiary/aromatic N) is 6. The van der Waals surface area contributed by atoms with Gasteiger partial charge in [-0.25, -0.2) is 0 Å². The fourth-order valence-electron chi connectivity index (χ4n) is 24.4. The molecule has 698 valence electrons. The maximum absolute atomic E-state index is 2.45. The number of aromatic nitrogens is 6. The summed E-state index contributed by atoms with van der Waals surface area (Å²) in [6.45, 7) is 4.71. The Labute approximate surface area is 861 Å². The van der Waals surface area contributed by atoms with Crippen LogP contribution in [0.4, 0.5) is 0 Å². The summed E-state index contributed by atoms with van der Waals surface area (Å²) in [6.07, 6.45) is 0. The summed E-state index contributed by atoms with van der Waals surface area (Å²) in [4.78, 5) is 0. The van der Waals surface area contributed by atoms with Gasteiger partial charge < -0.3 is 27.4 Å². The maximum Gasteiger partial charge on any atom is 0.0541 e. The van der Waals surface area contributed by atoms with Crippen molar-refractivity contribution in [2.24, 2.45) is 0 Å². The zero-order chi connectivity index (χ0) is 98.5. The summed E-state index contributed by atoms with van der Waals surface area (Å²) < 4.78 is 14.5. The number of hydrogen-bond donors (Lipinski definition) is 0. The highest BCUT2D eigenvalue weighted by Gasteiger charge is 2.36. The molecule has 0 amide bonds. The van der Waals surface area contributed by atoms with Crippen LogP contribution < -0.4 is 0 Å². The summed E-state index contributed by atoms with van der Waals surface area (Å²) in [5.41, 5.74) is 41.8. The molecule has 31 rings (SSSR count).